The van der Waals surface area contributed by atoms with E-state index in [1.807, 2.05) is 6.92 Å². The molecule has 0 aromatic heterocycles. The van der Waals surface area contributed by atoms with Gasteiger partial charge in [-0.1, -0.05) is 40.0 Å². The average molecular weight is 417 g/mol. The molecule has 0 saturated carbocycles. The second kappa shape index (κ2) is 13.9. The van der Waals surface area contributed by atoms with Crippen molar-refractivity contribution in [2.75, 3.05) is 6.54 Å². The minimum absolute atomic E-state index is 0.0609. The van der Waals surface area contributed by atoms with Gasteiger partial charge < -0.3 is 31.9 Å². The number of rotatable bonds is 14. The molecule has 0 aliphatic heterocycles. The van der Waals surface area contributed by atoms with Crippen molar-refractivity contribution in [3.05, 3.63) is 0 Å². The summed E-state index contributed by atoms with van der Waals surface area (Å²) >= 11 is 0. The zero-order chi connectivity index (χ0) is 22.6. The van der Waals surface area contributed by atoms with Gasteiger partial charge in [0.15, 0.2) is 0 Å². The standard InChI is InChI=1S/C19H36N4O6/c1-5-7-8-13(21-14(25)9-10-20)17(26)23-16(12(4)24)18(27)22-15(19(28)29)11(3)6-2/h11-13,15-16,24H,5-10,20H2,1-4H3,(H,21,25)(H,22,27)(H,23,26)(H,28,29)/t11-,12+,13-,15-,16-/m0/s1. The normalized spacial score (nSPS) is 16.1. The molecule has 0 aliphatic rings. The van der Waals surface area contributed by atoms with Crippen molar-refractivity contribution in [1.82, 2.24) is 16.0 Å². The number of carboxylic acids is 1. The van der Waals surface area contributed by atoms with E-state index < -0.39 is 42.0 Å². The van der Waals surface area contributed by atoms with Crippen LogP contribution in [0.1, 0.15) is 59.8 Å². The molecular weight excluding hydrogens is 380 g/mol. The first-order chi connectivity index (χ1) is 13.6. The van der Waals surface area contributed by atoms with Crippen LogP contribution in [0.15, 0.2) is 0 Å². The number of hydrogen-bond donors (Lipinski definition) is 6. The van der Waals surface area contributed by atoms with E-state index >= 15 is 0 Å². The molecule has 0 aromatic rings. The van der Waals surface area contributed by atoms with Gasteiger partial charge in [-0.15, -0.1) is 0 Å². The van der Waals surface area contributed by atoms with Crippen LogP contribution < -0.4 is 21.7 Å². The second-order valence-corrected chi connectivity index (χ2v) is 7.24. The molecule has 0 aromatic carbocycles. The van der Waals surface area contributed by atoms with E-state index in [4.69, 9.17) is 5.73 Å². The van der Waals surface area contributed by atoms with E-state index in [0.29, 0.717) is 19.3 Å². The zero-order valence-electron chi connectivity index (χ0n) is 17.7. The van der Waals surface area contributed by atoms with Gasteiger partial charge in [-0.2, -0.15) is 0 Å². The largest absolute Gasteiger partial charge is 0.480 e. The summed E-state index contributed by atoms with van der Waals surface area (Å²) in [4.78, 5) is 48.5. The number of aliphatic hydroxyl groups excluding tert-OH is 1. The molecule has 168 valence electrons. The molecule has 10 nitrogen and oxygen atoms in total. The lowest BCUT2D eigenvalue weighted by molar-refractivity contribution is -0.144. The first-order valence-electron chi connectivity index (χ1n) is 10.1. The van der Waals surface area contributed by atoms with Crippen LogP contribution in [0.4, 0.5) is 0 Å². The van der Waals surface area contributed by atoms with E-state index in [2.05, 4.69) is 16.0 Å². The summed E-state index contributed by atoms with van der Waals surface area (Å²) in [5.74, 6) is -3.35. The molecule has 0 saturated heterocycles. The molecule has 0 rings (SSSR count). The lowest BCUT2D eigenvalue weighted by atomic mass is 9.98. The number of nitrogens with one attached hydrogen (secondary N) is 3. The van der Waals surface area contributed by atoms with E-state index in [-0.39, 0.29) is 24.8 Å². The topological polar surface area (TPSA) is 171 Å². The van der Waals surface area contributed by atoms with Gasteiger partial charge in [0.05, 0.1) is 6.10 Å². The molecule has 0 bridgehead atoms. The fourth-order valence-corrected chi connectivity index (χ4v) is 2.66. The van der Waals surface area contributed by atoms with Crippen LogP contribution in [0, 0.1) is 5.92 Å². The maximum absolute atomic E-state index is 12.7. The van der Waals surface area contributed by atoms with Gasteiger partial charge in [0.2, 0.25) is 17.7 Å². The molecule has 5 atom stereocenters. The lowest BCUT2D eigenvalue weighted by Crippen LogP contribution is -2.59. The number of aliphatic carboxylic acids is 1. The highest BCUT2D eigenvalue weighted by atomic mass is 16.4. The van der Waals surface area contributed by atoms with Crippen molar-refractivity contribution in [3.8, 4) is 0 Å². The number of unbranched alkanes of at least 4 members (excludes halogenated alkanes) is 1. The van der Waals surface area contributed by atoms with Crippen LogP contribution in [0.5, 0.6) is 0 Å². The van der Waals surface area contributed by atoms with Crippen LogP contribution in [0.3, 0.4) is 0 Å². The maximum atomic E-state index is 12.7. The number of nitrogens with two attached hydrogens (primary N) is 1. The van der Waals surface area contributed by atoms with Gasteiger partial charge in [0.25, 0.3) is 0 Å². The number of carbonyl (C=O) groups is 4. The Morgan fingerprint density at radius 2 is 1.55 bits per heavy atom. The maximum Gasteiger partial charge on any atom is 0.326 e. The quantitative estimate of drug-likeness (QED) is 0.221. The van der Waals surface area contributed by atoms with Crippen LogP contribution in [0.2, 0.25) is 0 Å². The monoisotopic (exact) mass is 416 g/mol. The fourth-order valence-electron chi connectivity index (χ4n) is 2.66. The molecule has 10 heteroatoms. The van der Waals surface area contributed by atoms with Crippen molar-refractivity contribution in [3.63, 3.8) is 0 Å². The molecule has 0 spiro atoms. The summed E-state index contributed by atoms with van der Waals surface area (Å²) in [6.07, 6.45) is 1.14. The molecule has 0 heterocycles. The number of carbonyl (C=O) groups excluding carboxylic acids is 3. The molecule has 7 N–H and O–H groups in total. The van der Waals surface area contributed by atoms with Crippen molar-refractivity contribution >= 4 is 23.7 Å². The van der Waals surface area contributed by atoms with Crippen LogP contribution in [-0.4, -0.2) is 64.7 Å². The van der Waals surface area contributed by atoms with Gasteiger partial charge >= 0.3 is 5.97 Å². The van der Waals surface area contributed by atoms with Gasteiger partial charge in [-0.3, -0.25) is 14.4 Å². The van der Waals surface area contributed by atoms with Crippen molar-refractivity contribution < 1.29 is 29.4 Å². The SMILES string of the molecule is CCCC[C@H](NC(=O)CCN)C(=O)N[C@H](C(=O)N[C@H](C(=O)O)[C@@H](C)CC)[C@@H](C)O. The summed E-state index contributed by atoms with van der Waals surface area (Å²) < 4.78 is 0. The zero-order valence-corrected chi connectivity index (χ0v) is 17.7. The fraction of sp³-hybridized carbons (Fsp3) is 0.789. The van der Waals surface area contributed by atoms with Crippen molar-refractivity contribution in [2.45, 2.75) is 84.0 Å². The smallest absolute Gasteiger partial charge is 0.326 e. The Kier molecular flexibility index (Phi) is 12.8. The van der Waals surface area contributed by atoms with Crippen LogP contribution >= 0.6 is 0 Å². The highest BCUT2D eigenvalue weighted by Gasteiger charge is 2.33. The number of hydrogen-bond acceptors (Lipinski definition) is 6. The van der Waals surface area contributed by atoms with E-state index in [9.17, 15) is 29.4 Å². The molecule has 29 heavy (non-hydrogen) atoms. The summed E-state index contributed by atoms with van der Waals surface area (Å²) in [5.41, 5.74) is 5.35. The third-order valence-corrected chi connectivity index (χ3v) is 4.71. The van der Waals surface area contributed by atoms with Gasteiger partial charge in [0.1, 0.15) is 18.1 Å². The van der Waals surface area contributed by atoms with Gasteiger partial charge in [0, 0.05) is 13.0 Å². The molecule has 0 aliphatic carbocycles. The summed E-state index contributed by atoms with van der Waals surface area (Å²) in [6.45, 7) is 6.87. The van der Waals surface area contributed by atoms with Crippen LogP contribution in [0.25, 0.3) is 0 Å². The number of carboxylic acid groups (broad SMARTS) is 1. The van der Waals surface area contributed by atoms with Crippen LogP contribution in [-0.2, 0) is 19.2 Å². The summed E-state index contributed by atoms with van der Waals surface area (Å²) in [6, 6.07) is -3.39. The average Bonchev–Trinajstić information content (AvgIpc) is 2.65. The minimum Gasteiger partial charge on any atom is -0.480 e. The molecular formula is C19H36N4O6. The molecule has 3 amide bonds. The Balaban J connectivity index is 5.29. The van der Waals surface area contributed by atoms with E-state index in [1.165, 1.54) is 6.92 Å². The first kappa shape index (κ1) is 26.8. The third kappa shape index (κ3) is 9.71. The Bertz CT molecular complexity index is 555. The van der Waals surface area contributed by atoms with Crippen molar-refractivity contribution in [1.29, 1.82) is 0 Å². The predicted octanol–water partition coefficient (Wildman–Crippen LogP) is -0.509. The summed E-state index contributed by atoms with van der Waals surface area (Å²) in [7, 11) is 0. The van der Waals surface area contributed by atoms with E-state index in [1.54, 1.807) is 13.8 Å². The summed E-state index contributed by atoms with van der Waals surface area (Å²) in [5, 5.41) is 26.7. The number of aliphatic hydroxyl groups is 1. The Morgan fingerprint density at radius 1 is 0.966 bits per heavy atom. The second-order valence-electron chi connectivity index (χ2n) is 7.24. The molecule has 0 fully saturated rings. The third-order valence-electron chi connectivity index (χ3n) is 4.71. The Hall–Kier alpha value is -2.20. The highest BCUT2D eigenvalue weighted by molar-refractivity contribution is 5.93. The molecule has 0 radical (unpaired) electrons. The Labute approximate surface area is 172 Å². The highest BCUT2D eigenvalue weighted by Crippen LogP contribution is 2.09. The van der Waals surface area contributed by atoms with Gasteiger partial charge in [-0.05, 0) is 19.3 Å². The van der Waals surface area contributed by atoms with E-state index in [0.717, 1.165) is 6.42 Å². The minimum atomic E-state index is -1.36. The van der Waals surface area contributed by atoms with Gasteiger partial charge in [-0.25, -0.2) is 4.79 Å². The predicted molar refractivity (Wildman–Crippen MR) is 108 cm³/mol. The number of amides is 3. The Morgan fingerprint density at radius 3 is 2.00 bits per heavy atom. The molecule has 0 unspecified atom stereocenters. The first-order valence-corrected chi connectivity index (χ1v) is 10.1. The lowest BCUT2D eigenvalue weighted by Gasteiger charge is -2.27. The van der Waals surface area contributed by atoms with Crippen molar-refractivity contribution in [2.24, 2.45) is 11.7 Å².